The fourth-order valence-corrected chi connectivity index (χ4v) is 0.859. The molecular weight excluding hydrogens is 194 g/mol. The van der Waals surface area contributed by atoms with E-state index in [1.54, 1.807) is 0 Å². The van der Waals surface area contributed by atoms with E-state index in [4.69, 9.17) is 10.2 Å². The summed E-state index contributed by atoms with van der Waals surface area (Å²) in [4.78, 5) is 10.1. The number of hydrogen-bond acceptors (Lipinski definition) is 2. The van der Waals surface area contributed by atoms with Crippen LogP contribution in [-0.4, -0.2) is 16.2 Å². The van der Waals surface area contributed by atoms with Gasteiger partial charge in [0.15, 0.2) is 17.4 Å². The third kappa shape index (κ3) is 2.29. The van der Waals surface area contributed by atoms with Gasteiger partial charge in [-0.2, -0.15) is 4.39 Å². The molecule has 14 heavy (non-hydrogen) atoms. The Morgan fingerprint density at radius 1 is 1.36 bits per heavy atom. The molecule has 0 aliphatic rings. The summed E-state index contributed by atoms with van der Waals surface area (Å²) in [6.07, 6.45) is 1.80. The van der Waals surface area contributed by atoms with Crippen LogP contribution >= 0.6 is 0 Å². The second-order valence-corrected chi connectivity index (χ2v) is 2.51. The average Bonchev–Trinajstić information content (AvgIpc) is 2.10. The molecule has 1 rings (SSSR count). The molecule has 0 spiro atoms. The number of rotatable bonds is 2. The highest BCUT2D eigenvalue weighted by atomic mass is 19.2. The standard InChI is InChI=1S/C9H6F2O3/c10-6-3-5(1-2-8(13)14)4-7(12)9(6)11/h1-4,12H,(H,13,14)/b2-1+. The van der Waals surface area contributed by atoms with E-state index in [0.29, 0.717) is 0 Å². The third-order valence-electron chi connectivity index (χ3n) is 1.45. The van der Waals surface area contributed by atoms with Crippen LogP contribution in [0.2, 0.25) is 0 Å². The summed E-state index contributed by atoms with van der Waals surface area (Å²) in [5.74, 6) is -4.64. The summed E-state index contributed by atoms with van der Waals surface area (Å²) in [6, 6.07) is 1.71. The maximum absolute atomic E-state index is 12.6. The van der Waals surface area contributed by atoms with Gasteiger partial charge in [0.2, 0.25) is 0 Å². The number of phenolic OH excluding ortho intramolecular Hbond substituents is 1. The lowest BCUT2D eigenvalue weighted by Crippen LogP contribution is -1.88. The number of hydrogen-bond donors (Lipinski definition) is 2. The van der Waals surface area contributed by atoms with Crippen molar-refractivity contribution >= 4 is 12.0 Å². The van der Waals surface area contributed by atoms with Crippen LogP contribution in [0.1, 0.15) is 5.56 Å². The highest BCUT2D eigenvalue weighted by Gasteiger charge is 2.08. The van der Waals surface area contributed by atoms with Crippen molar-refractivity contribution in [2.24, 2.45) is 0 Å². The minimum Gasteiger partial charge on any atom is -0.505 e. The SMILES string of the molecule is O=C(O)/C=C/c1cc(O)c(F)c(F)c1. The molecule has 2 N–H and O–H groups in total. The Labute approximate surface area is 77.9 Å². The van der Waals surface area contributed by atoms with E-state index in [1.165, 1.54) is 0 Å². The summed E-state index contributed by atoms with van der Waals surface area (Å²) >= 11 is 0. The van der Waals surface area contributed by atoms with Gasteiger partial charge in [-0.05, 0) is 23.8 Å². The van der Waals surface area contributed by atoms with Crippen LogP contribution in [0.4, 0.5) is 8.78 Å². The molecule has 0 aliphatic heterocycles. The predicted molar refractivity (Wildman–Crippen MR) is 44.7 cm³/mol. The Morgan fingerprint density at radius 2 is 2.00 bits per heavy atom. The number of benzene rings is 1. The van der Waals surface area contributed by atoms with Gasteiger partial charge >= 0.3 is 5.97 Å². The second-order valence-electron chi connectivity index (χ2n) is 2.51. The third-order valence-corrected chi connectivity index (χ3v) is 1.45. The smallest absolute Gasteiger partial charge is 0.328 e. The molecule has 0 fully saturated rings. The molecule has 0 aromatic heterocycles. The van der Waals surface area contributed by atoms with Crippen molar-refractivity contribution in [3.8, 4) is 5.75 Å². The zero-order valence-electron chi connectivity index (χ0n) is 6.87. The van der Waals surface area contributed by atoms with E-state index in [-0.39, 0.29) is 5.56 Å². The quantitative estimate of drug-likeness (QED) is 0.715. The molecule has 5 heteroatoms. The van der Waals surface area contributed by atoms with Crippen molar-refractivity contribution < 1.29 is 23.8 Å². The fraction of sp³-hybridized carbons (Fsp3) is 0. The molecule has 0 bridgehead atoms. The molecule has 0 radical (unpaired) electrons. The van der Waals surface area contributed by atoms with E-state index in [0.717, 1.165) is 24.3 Å². The van der Waals surface area contributed by atoms with Gasteiger partial charge in [0.25, 0.3) is 0 Å². The minimum absolute atomic E-state index is 0.0730. The fourth-order valence-electron chi connectivity index (χ4n) is 0.859. The predicted octanol–water partition coefficient (Wildman–Crippen LogP) is 1.77. The summed E-state index contributed by atoms with van der Waals surface area (Å²) in [6.45, 7) is 0. The largest absolute Gasteiger partial charge is 0.505 e. The van der Waals surface area contributed by atoms with Crippen LogP contribution in [0.15, 0.2) is 18.2 Å². The number of aliphatic carboxylic acids is 1. The van der Waals surface area contributed by atoms with Gasteiger partial charge in [-0.25, -0.2) is 9.18 Å². The molecule has 0 saturated carbocycles. The minimum atomic E-state index is -1.35. The second kappa shape index (κ2) is 3.87. The summed E-state index contributed by atoms with van der Waals surface area (Å²) in [7, 11) is 0. The molecule has 1 aromatic carbocycles. The Bertz CT molecular complexity index is 376. The monoisotopic (exact) mass is 200 g/mol. The molecule has 0 saturated heterocycles. The zero-order valence-corrected chi connectivity index (χ0v) is 6.87. The van der Waals surface area contributed by atoms with Crippen molar-refractivity contribution in [2.75, 3.05) is 0 Å². The van der Waals surface area contributed by atoms with Crippen LogP contribution in [0, 0.1) is 11.6 Å². The van der Waals surface area contributed by atoms with E-state index >= 15 is 0 Å². The Balaban J connectivity index is 3.07. The van der Waals surface area contributed by atoms with Crippen LogP contribution in [0.3, 0.4) is 0 Å². The Morgan fingerprint density at radius 3 is 2.50 bits per heavy atom. The summed E-state index contributed by atoms with van der Waals surface area (Å²) in [5.41, 5.74) is 0.0730. The van der Waals surface area contributed by atoms with Gasteiger partial charge in [-0.1, -0.05) is 0 Å². The van der Waals surface area contributed by atoms with Gasteiger partial charge in [-0.3, -0.25) is 0 Å². The van der Waals surface area contributed by atoms with Crippen molar-refractivity contribution in [2.45, 2.75) is 0 Å². The first-order valence-electron chi connectivity index (χ1n) is 3.59. The van der Waals surface area contributed by atoms with Gasteiger partial charge in [0.05, 0.1) is 0 Å². The highest BCUT2D eigenvalue weighted by Crippen LogP contribution is 2.21. The van der Waals surface area contributed by atoms with Crippen molar-refractivity contribution in [1.29, 1.82) is 0 Å². The average molecular weight is 200 g/mol. The van der Waals surface area contributed by atoms with Gasteiger partial charge in [-0.15, -0.1) is 0 Å². The topological polar surface area (TPSA) is 57.5 Å². The van der Waals surface area contributed by atoms with Crippen LogP contribution in [0.5, 0.6) is 5.75 Å². The molecule has 0 amide bonds. The maximum atomic E-state index is 12.6. The van der Waals surface area contributed by atoms with Crippen LogP contribution in [0.25, 0.3) is 6.08 Å². The first kappa shape index (κ1) is 10.2. The molecule has 0 atom stereocenters. The lowest BCUT2D eigenvalue weighted by atomic mass is 10.2. The van der Waals surface area contributed by atoms with Gasteiger partial charge < -0.3 is 10.2 Å². The van der Waals surface area contributed by atoms with E-state index in [2.05, 4.69) is 0 Å². The normalized spacial score (nSPS) is 10.7. The molecule has 1 aromatic rings. The molecule has 3 nitrogen and oxygen atoms in total. The van der Waals surface area contributed by atoms with E-state index in [9.17, 15) is 13.6 Å². The lowest BCUT2D eigenvalue weighted by Gasteiger charge is -1.98. The van der Waals surface area contributed by atoms with Gasteiger partial charge in [0.1, 0.15) is 0 Å². The Kier molecular flexibility index (Phi) is 2.81. The number of carboxylic acid groups (broad SMARTS) is 1. The van der Waals surface area contributed by atoms with E-state index in [1.807, 2.05) is 0 Å². The number of aromatic hydroxyl groups is 1. The van der Waals surface area contributed by atoms with Crippen molar-refractivity contribution in [1.82, 2.24) is 0 Å². The number of halogens is 2. The molecule has 0 unspecified atom stereocenters. The van der Waals surface area contributed by atoms with Crippen molar-refractivity contribution in [3.63, 3.8) is 0 Å². The van der Waals surface area contributed by atoms with Crippen molar-refractivity contribution in [3.05, 3.63) is 35.4 Å². The maximum Gasteiger partial charge on any atom is 0.328 e. The molecule has 0 heterocycles. The van der Waals surface area contributed by atoms with E-state index < -0.39 is 23.4 Å². The molecule has 74 valence electrons. The van der Waals surface area contributed by atoms with Gasteiger partial charge in [0, 0.05) is 6.08 Å². The van der Waals surface area contributed by atoms with Crippen LogP contribution < -0.4 is 0 Å². The zero-order chi connectivity index (χ0) is 10.7. The van der Waals surface area contributed by atoms with Crippen LogP contribution in [-0.2, 0) is 4.79 Å². The number of carboxylic acids is 1. The Hall–Kier alpha value is -1.91. The number of carbonyl (C=O) groups is 1. The summed E-state index contributed by atoms with van der Waals surface area (Å²) < 4.78 is 25.2. The summed E-state index contributed by atoms with van der Waals surface area (Å²) in [5, 5.41) is 17.1. The molecule has 0 aliphatic carbocycles. The molecular formula is C9H6F2O3. The first-order valence-corrected chi connectivity index (χ1v) is 3.59. The first-order chi connectivity index (χ1) is 6.50. The number of phenols is 1. The highest BCUT2D eigenvalue weighted by molar-refractivity contribution is 5.85. The lowest BCUT2D eigenvalue weighted by molar-refractivity contribution is -0.131.